The van der Waals surface area contributed by atoms with Gasteiger partial charge in [-0.25, -0.2) is 8.78 Å². The summed E-state index contributed by atoms with van der Waals surface area (Å²) in [6.45, 7) is 5.32. The SMILES string of the molecule is CC(C)COCC(O)CNCc1cccc(F)c1F. The maximum Gasteiger partial charge on any atom is 0.163 e. The molecule has 0 aromatic heterocycles. The van der Waals surface area contributed by atoms with Gasteiger partial charge in [-0.3, -0.25) is 0 Å². The molecule has 0 spiro atoms. The molecule has 0 fully saturated rings. The lowest BCUT2D eigenvalue weighted by molar-refractivity contribution is 0.0260. The smallest absolute Gasteiger partial charge is 0.163 e. The second-order valence-electron chi connectivity index (χ2n) is 4.93. The van der Waals surface area contributed by atoms with E-state index in [4.69, 9.17) is 4.74 Å². The molecule has 0 aliphatic carbocycles. The van der Waals surface area contributed by atoms with Gasteiger partial charge in [0.2, 0.25) is 0 Å². The quantitative estimate of drug-likeness (QED) is 0.762. The van der Waals surface area contributed by atoms with Crippen LogP contribution < -0.4 is 5.32 Å². The molecule has 0 radical (unpaired) electrons. The fourth-order valence-electron chi connectivity index (χ4n) is 1.56. The van der Waals surface area contributed by atoms with Crippen LogP contribution in [-0.2, 0) is 11.3 Å². The summed E-state index contributed by atoms with van der Waals surface area (Å²) < 4.78 is 31.5. The highest BCUT2D eigenvalue weighted by atomic mass is 19.2. The molecule has 2 N–H and O–H groups in total. The van der Waals surface area contributed by atoms with Crippen molar-refractivity contribution >= 4 is 0 Å². The summed E-state index contributed by atoms with van der Waals surface area (Å²) in [7, 11) is 0. The predicted octanol–water partition coefficient (Wildman–Crippen LogP) is 2.09. The van der Waals surface area contributed by atoms with Crippen molar-refractivity contribution in [1.82, 2.24) is 5.32 Å². The van der Waals surface area contributed by atoms with Gasteiger partial charge in [0.25, 0.3) is 0 Å². The van der Waals surface area contributed by atoms with Crippen molar-refractivity contribution in [3.63, 3.8) is 0 Å². The van der Waals surface area contributed by atoms with Gasteiger partial charge >= 0.3 is 0 Å². The Morgan fingerprint density at radius 1 is 1.26 bits per heavy atom. The van der Waals surface area contributed by atoms with Gasteiger partial charge in [0.05, 0.1) is 12.7 Å². The number of hydrogen-bond donors (Lipinski definition) is 2. The molecule has 1 unspecified atom stereocenters. The summed E-state index contributed by atoms with van der Waals surface area (Å²) in [5.41, 5.74) is 0.246. The number of hydrogen-bond acceptors (Lipinski definition) is 3. The molecular formula is C14H21F2NO2. The van der Waals surface area contributed by atoms with E-state index < -0.39 is 17.7 Å². The van der Waals surface area contributed by atoms with Gasteiger partial charge in [-0.05, 0) is 12.0 Å². The highest BCUT2D eigenvalue weighted by Crippen LogP contribution is 2.10. The van der Waals surface area contributed by atoms with Crippen molar-refractivity contribution in [2.45, 2.75) is 26.5 Å². The first-order chi connectivity index (χ1) is 9.00. The van der Waals surface area contributed by atoms with Crippen molar-refractivity contribution in [2.24, 2.45) is 5.92 Å². The van der Waals surface area contributed by atoms with Gasteiger partial charge in [-0.2, -0.15) is 0 Å². The molecule has 1 aromatic rings. The summed E-state index contributed by atoms with van der Waals surface area (Å²) in [4.78, 5) is 0. The Morgan fingerprint density at radius 2 is 2.00 bits per heavy atom. The number of rotatable bonds is 8. The third-order valence-electron chi connectivity index (χ3n) is 2.49. The molecule has 0 saturated carbocycles. The Hall–Kier alpha value is -1.04. The van der Waals surface area contributed by atoms with Crippen molar-refractivity contribution in [1.29, 1.82) is 0 Å². The van der Waals surface area contributed by atoms with E-state index in [1.165, 1.54) is 12.1 Å². The minimum atomic E-state index is -0.861. The van der Waals surface area contributed by atoms with Crippen LogP contribution >= 0.6 is 0 Å². The third-order valence-corrected chi connectivity index (χ3v) is 2.49. The van der Waals surface area contributed by atoms with E-state index in [1.807, 2.05) is 13.8 Å². The molecule has 3 nitrogen and oxygen atoms in total. The van der Waals surface area contributed by atoms with Crippen molar-refractivity contribution in [3.05, 3.63) is 35.4 Å². The Morgan fingerprint density at radius 3 is 2.68 bits per heavy atom. The molecule has 1 aromatic carbocycles. The molecule has 19 heavy (non-hydrogen) atoms. The normalized spacial score (nSPS) is 12.9. The first-order valence-electron chi connectivity index (χ1n) is 6.40. The predicted molar refractivity (Wildman–Crippen MR) is 69.7 cm³/mol. The van der Waals surface area contributed by atoms with Gasteiger partial charge < -0.3 is 15.2 Å². The summed E-state index contributed by atoms with van der Waals surface area (Å²) in [5.74, 6) is -1.29. The van der Waals surface area contributed by atoms with Crippen LogP contribution in [0.4, 0.5) is 8.78 Å². The molecular weight excluding hydrogens is 252 g/mol. The van der Waals surface area contributed by atoms with Crippen LogP contribution in [0.1, 0.15) is 19.4 Å². The molecule has 0 amide bonds. The molecule has 1 rings (SSSR count). The first kappa shape index (κ1) is 16.0. The molecule has 0 aliphatic rings. The molecule has 0 heterocycles. The molecule has 0 aliphatic heterocycles. The zero-order chi connectivity index (χ0) is 14.3. The molecule has 1 atom stereocenters. The Kier molecular flexibility index (Phi) is 6.91. The standard InChI is InChI=1S/C14H21F2NO2/c1-10(2)8-19-9-12(18)7-17-6-11-4-3-5-13(15)14(11)16/h3-5,10,12,17-18H,6-9H2,1-2H3. The molecule has 0 saturated heterocycles. The minimum absolute atomic E-state index is 0.171. The average Bonchev–Trinajstić information content (AvgIpc) is 2.34. The number of aliphatic hydroxyl groups excluding tert-OH is 1. The van der Waals surface area contributed by atoms with Gasteiger partial charge in [-0.1, -0.05) is 26.0 Å². The summed E-state index contributed by atoms with van der Waals surface area (Å²) in [5, 5.41) is 12.5. The van der Waals surface area contributed by atoms with Crippen LogP contribution in [0, 0.1) is 17.6 Å². The van der Waals surface area contributed by atoms with Gasteiger partial charge in [0.15, 0.2) is 11.6 Å². The summed E-state index contributed by atoms with van der Waals surface area (Å²) in [6, 6.07) is 4.04. The second kappa shape index (κ2) is 8.19. The number of aliphatic hydroxyl groups is 1. The monoisotopic (exact) mass is 273 g/mol. The third kappa shape index (κ3) is 6.09. The Balaban J connectivity index is 2.24. The van der Waals surface area contributed by atoms with Gasteiger partial charge in [-0.15, -0.1) is 0 Å². The van der Waals surface area contributed by atoms with E-state index in [-0.39, 0.29) is 25.3 Å². The van der Waals surface area contributed by atoms with E-state index >= 15 is 0 Å². The maximum absolute atomic E-state index is 13.3. The van der Waals surface area contributed by atoms with Gasteiger partial charge in [0.1, 0.15) is 0 Å². The summed E-state index contributed by atoms with van der Waals surface area (Å²) in [6.07, 6.45) is -0.657. The van der Waals surface area contributed by atoms with E-state index in [2.05, 4.69) is 5.32 Å². The van der Waals surface area contributed by atoms with Crippen LogP contribution in [0.3, 0.4) is 0 Å². The van der Waals surface area contributed by atoms with Crippen LogP contribution in [-0.4, -0.2) is 31.0 Å². The lowest BCUT2D eigenvalue weighted by Gasteiger charge is -2.13. The number of ether oxygens (including phenoxy) is 1. The van der Waals surface area contributed by atoms with E-state index in [0.29, 0.717) is 12.5 Å². The lowest BCUT2D eigenvalue weighted by atomic mass is 10.2. The lowest BCUT2D eigenvalue weighted by Crippen LogP contribution is -2.30. The molecule has 0 bridgehead atoms. The number of nitrogens with one attached hydrogen (secondary N) is 1. The average molecular weight is 273 g/mol. The fraction of sp³-hybridized carbons (Fsp3) is 0.571. The van der Waals surface area contributed by atoms with Crippen molar-refractivity contribution in [2.75, 3.05) is 19.8 Å². The molecule has 5 heteroatoms. The van der Waals surface area contributed by atoms with Crippen molar-refractivity contribution < 1.29 is 18.6 Å². The zero-order valence-electron chi connectivity index (χ0n) is 11.3. The first-order valence-corrected chi connectivity index (χ1v) is 6.40. The fourth-order valence-corrected chi connectivity index (χ4v) is 1.56. The topological polar surface area (TPSA) is 41.5 Å². The largest absolute Gasteiger partial charge is 0.389 e. The van der Waals surface area contributed by atoms with E-state index in [0.717, 1.165) is 6.07 Å². The molecule has 108 valence electrons. The number of benzene rings is 1. The van der Waals surface area contributed by atoms with Crippen LogP contribution in [0.25, 0.3) is 0 Å². The summed E-state index contributed by atoms with van der Waals surface area (Å²) >= 11 is 0. The highest BCUT2D eigenvalue weighted by molar-refractivity contribution is 5.18. The zero-order valence-corrected chi connectivity index (χ0v) is 11.3. The highest BCUT2D eigenvalue weighted by Gasteiger charge is 2.08. The minimum Gasteiger partial charge on any atom is -0.389 e. The number of halogens is 2. The van der Waals surface area contributed by atoms with Crippen LogP contribution in [0.5, 0.6) is 0 Å². The Labute approximate surface area is 112 Å². The van der Waals surface area contributed by atoms with Crippen LogP contribution in [0.2, 0.25) is 0 Å². The second-order valence-corrected chi connectivity index (χ2v) is 4.93. The van der Waals surface area contributed by atoms with Crippen LogP contribution in [0.15, 0.2) is 18.2 Å². The van der Waals surface area contributed by atoms with Gasteiger partial charge in [0, 0.05) is 25.3 Å². The van der Waals surface area contributed by atoms with E-state index in [9.17, 15) is 13.9 Å². The van der Waals surface area contributed by atoms with E-state index in [1.54, 1.807) is 0 Å². The maximum atomic E-state index is 13.3. The van der Waals surface area contributed by atoms with Crippen molar-refractivity contribution in [3.8, 4) is 0 Å². The Bertz CT molecular complexity index is 386.